The summed E-state index contributed by atoms with van der Waals surface area (Å²) in [6.45, 7) is 0.753. The molecule has 0 saturated carbocycles. The predicted octanol–water partition coefficient (Wildman–Crippen LogP) is 3.67. The number of nitrogens with one attached hydrogen (secondary N) is 1. The van der Waals surface area contributed by atoms with E-state index in [-0.39, 0.29) is 5.91 Å². The highest BCUT2D eigenvalue weighted by Crippen LogP contribution is 2.27. The topological polar surface area (TPSA) is 69.7 Å². The normalized spacial score (nSPS) is 10.3. The Balaban J connectivity index is 1.60. The molecule has 0 spiro atoms. The number of hydrogen-bond acceptors (Lipinski definition) is 6. The number of aromatic nitrogens is 1. The zero-order chi connectivity index (χ0) is 19.1. The molecule has 3 aromatic rings. The molecule has 1 aromatic heterocycles. The number of benzene rings is 2. The zero-order valence-electron chi connectivity index (χ0n) is 15.1. The molecule has 0 aliphatic heterocycles. The predicted molar refractivity (Wildman–Crippen MR) is 104 cm³/mol. The van der Waals surface area contributed by atoms with Gasteiger partial charge in [-0.05, 0) is 35.9 Å². The van der Waals surface area contributed by atoms with Crippen LogP contribution in [-0.2, 0) is 13.2 Å². The Kier molecular flexibility index (Phi) is 6.27. The van der Waals surface area contributed by atoms with Gasteiger partial charge in [0.1, 0.15) is 12.4 Å². The minimum atomic E-state index is -0.177. The van der Waals surface area contributed by atoms with Gasteiger partial charge in [-0.2, -0.15) is 0 Å². The van der Waals surface area contributed by atoms with Crippen molar-refractivity contribution in [3.63, 3.8) is 0 Å². The quantitative estimate of drug-likeness (QED) is 0.642. The van der Waals surface area contributed by atoms with Gasteiger partial charge in [0.25, 0.3) is 5.91 Å². The third kappa shape index (κ3) is 4.98. The van der Waals surface area contributed by atoms with Gasteiger partial charge in [0, 0.05) is 17.5 Å². The van der Waals surface area contributed by atoms with E-state index in [1.165, 1.54) is 11.3 Å². The van der Waals surface area contributed by atoms with Crippen LogP contribution in [0.5, 0.6) is 17.2 Å². The van der Waals surface area contributed by atoms with Crippen molar-refractivity contribution in [3.05, 3.63) is 70.2 Å². The van der Waals surface area contributed by atoms with E-state index in [0.717, 1.165) is 11.3 Å². The maximum absolute atomic E-state index is 12.4. The van der Waals surface area contributed by atoms with E-state index in [9.17, 15) is 4.79 Å². The molecule has 6 nitrogen and oxygen atoms in total. The minimum absolute atomic E-state index is 0.177. The van der Waals surface area contributed by atoms with E-state index in [1.807, 2.05) is 29.6 Å². The fourth-order valence-corrected chi connectivity index (χ4v) is 3.01. The van der Waals surface area contributed by atoms with E-state index in [4.69, 9.17) is 14.2 Å². The number of rotatable bonds is 8. The van der Waals surface area contributed by atoms with Gasteiger partial charge in [-0.15, -0.1) is 11.3 Å². The fourth-order valence-electron chi connectivity index (χ4n) is 2.47. The summed E-state index contributed by atoms with van der Waals surface area (Å²) in [5.74, 6) is 1.73. The Morgan fingerprint density at radius 3 is 2.70 bits per heavy atom. The van der Waals surface area contributed by atoms with Gasteiger partial charge in [0.2, 0.25) is 0 Å². The molecule has 0 atom stereocenters. The smallest absolute Gasteiger partial charge is 0.251 e. The van der Waals surface area contributed by atoms with Crippen LogP contribution >= 0.6 is 11.3 Å². The van der Waals surface area contributed by atoms with Crippen molar-refractivity contribution in [2.45, 2.75) is 13.2 Å². The van der Waals surface area contributed by atoms with Gasteiger partial charge in [-0.1, -0.05) is 12.1 Å². The van der Waals surface area contributed by atoms with E-state index in [0.29, 0.717) is 36.0 Å². The van der Waals surface area contributed by atoms with Crippen molar-refractivity contribution in [1.82, 2.24) is 10.3 Å². The molecule has 0 fully saturated rings. The van der Waals surface area contributed by atoms with E-state index >= 15 is 0 Å². The summed E-state index contributed by atoms with van der Waals surface area (Å²) in [5.41, 5.74) is 4.07. The molecule has 1 N–H and O–H groups in total. The molecule has 0 saturated heterocycles. The number of carbonyl (C=O) groups is 1. The number of thiazole rings is 1. The summed E-state index contributed by atoms with van der Waals surface area (Å²) in [6, 6.07) is 12.6. The Bertz CT molecular complexity index is 897. The highest BCUT2D eigenvalue weighted by molar-refractivity contribution is 7.07. The molecule has 0 unspecified atom stereocenters. The summed E-state index contributed by atoms with van der Waals surface area (Å²) >= 11 is 1.52. The molecule has 1 heterocycles. The maximum Gasteiger partial charge on any atom is 0.251 e. The lowest BCUT2D eigenvalue weighted by Gasteiger charge is -2.11. The molecule has 0 bridgehead atoms. The largest absolute Gasteiger partial charge is 0.493 e. The van der Waals surface area contributed by atoms with Crippen LogP contribution < -0.4 is 19.5 Å². The SMILES string of the molecule is COc1ccc(CNC(=O)c2cccc(OCc3cscn3)c2)cc1OC. The summed E-state index contributed by atoms with van der Waals surface area (Å²) in [7, 11) is 3.17. The van der Waals surface area contributed by atoms with Gasteiger partial charge in [-0.25, -0.2) is 4.98 Å². The molecular weight excluding hydrogens is 364 g/mol. The Morgan fingerprint density at radius 1 is 1.11 bits per heavy atom. The third-order valence-corrected chi connectivity index (χ3v) is 4.50. The van der Waals surface area contributed by atoms with Gasteiger partial charge in [0.15, 0.2) is 11.5 Å². The van der Waals surface area contributed by atoms with Crippen molar-refractivity contribution >= 4 is 17.2 Å². The number of nitrogens with zero attached hydrogens (tertiary/aromatic N) is 1. The molecule has 2 aromatic carbocycles. The average molecular weight is 384 g/mol. The first-order chi connectivity index (χ1) is 13.2. The van der Waals surface area contributed by atoms with E-state index < -0.39 is 0 Å². The molecule has 1 amide bonds. The first-order valence-corrected chi connectivity index (χ1v) is 9.23. The molecule has 140 valence electrons. The summed E-state index contributed by atoms with van der Waals surface area (Å²) in [6.07, 6.45) is 0. The van der Waals surface area contributed by atoms with Crippen LogP contribution in [0.25, 0.3) is 0 Å². The molecule has 7 heteroatoms. The highest BCUT2D eigenvalue weighted by atomic mass is 32.1. The number of ether oxygens (including phenoxy) is 3. The van der Waals surface area contributed by atoms with Crippen LogP contribution in [0.2, 0.25) is 0 Å². The van der Waals surface area contributed by atoms with E-state index in [1.54, 1.807) is 37.9 Å². The molecule has 3 rings (SSSR count). The van der Waals surface area contributed by atoms with Gasteiger partial charge in [0.05, 0.1) is 25.4 Å². The van der Waals surface area contributed by atoms with E-state index in [2.05, 4.69) is 10.3 Å². The van der Waals surface area contributed by atoms with Crippen molar-refractivity contribution < 1.29 is 19.0 Å². The van der Waals surface area contributed by atoms with Crippen LogP contribution in [0, 0.1) is 0 Å². The molecule has 0 aliphatic rings. The molecule has 27 heavy (non-hydrogen) atoms. The lowest BCUT2D eigenvalue weighted by atomic mass is 10.1. The number of methoxy groups -OCH3 is 2. The standard InChI is InChI=1S/C20H20N2O4S/c1-24-18-7-6-14(8-19(18)25-2)10-21-20(23)15-4-3-5-17(9-15)26-11-16-12-27-13-22-16/h3-9,12-13H,10-11H2,1-2H3,(H,21,23). The van der Waals surface area contributed by atoms with Crippen molar-refractivity contribution in [2.75, 3.05) is 14.2 Å². The number of hydrogen-bond donors (Lipinski definition) is 1. The summed E-state index contributed by atoms with van der Waals surface area (Å²) in [5, 5.41) is 4.83. The minimum Gasteiger partial charge on any atom is -0.493 e. The van der Waals surface area contributed by atoms with Crippen molar-refractivity contribution in [2.24, 2.45) is 0 Å². The van der Waals surface area contributed by atoms with Gasteiger partial charge < -0.3 is 19.5 Å². The monoisotopic (exact) mass is 384 g/mol. The first-order valence-electron chi connectivity index (χ1n) is 8.28. The van der Waals surface area contributed by atoms with Gasteiger partial charge in [-0.3, -0.25) is 4.79 Å². The van der Waals surface area contributed by atoms with Crippen LogP contribution in [0.4, 0.5) is 0 Å². The van der Waals surface area contributed by atoms with Crippen LogP contribution in [0.1, 0.15) is 21.6 Å². The summed E-state index contributed by atoms with van der Waals surface area (Å²) in [4.78, 5) is 16.6. The van der Waals surface area contributed by atoms with Crippen LogP contribution in [0.3, 0.4) is 0 Å². The Hall–Kier alpha value is -3.06. The van der Waals surface area contributed by atoms with Crippen LogP contribution in [-0.4, -0.2) is 25.1 Å². The second-order valence-corrected chi connectivity index (χ2v) is 6.39. The zero-order valence-corrected chi connectivity index (χ0v) is 15.9. The lowest BCUT2D eigenvalue weighted by Crippen LogP contribution is -2.22. The lowest BCUT2D eigenvalue weighted by molar-refractivity contribution is 0.0950. The molecule has 0 aliphatic carbocycles. The van der Waals surface area contributed by atoms with Crippen LogP contribution in [0.15, 0.2) is 53.4 Å². The second kappa shape index (κ2) is 9.05. The highest BCUT2D eigenvalue weighted by Gasteiger charge is 2.09. The first kappa shape index (κ1) is 18.7. The van der Waals surface area contributed by atoms with Crippen molar-refractivity contribution in [3.8, 4) is 17.2 Å². The number of carbonyl (C=O) groups excluding carboxylic acids is 1. The van der Waals surface area contributed by atoms with Crippen molar-refractivity contribution in [1.29, 1.82) is 0 Å². The van der Waals surface area contributed by atoms with Gasteiger partial charge >= 0.3 is 0 Å². The molecule has 0 radical (unpaired) electrons. The Morgan fingerprint density at radius 2 is 1.96 bits per heavy atom. The fraction of sp³-hybridized carbons (Fsp3) is 0.200. The second-order valence-electron chi connectivity index (χ2n) is 5.67. The molecular formula is C20H20N2O4S. The summed E-state index contributed by atoms with van der Waals surface area (Å²) < 4.78 is 16.2. The Labute approximate surface area is 161 Å². The average Bonchev–Trinajstić information content (AvgIpc) is 3.24. The maximum atomic E-state index is 12.4. The number of amides is 1. The third-order valence-electron chi connectivity index (χ3n) is 3.87.